The van der Waals surface area contributed by atoms with Crippen molar-refractivity contribution in [3.8, 4) is 0 Å². The molecule has 0 aliphatic carbocycles. The van der Waals surface area contributed by atoms with Crippen molar-refractivity contribution in [2.75, 3.05) is 11.9 Å². The molecule has 1 heterocycles. The normalized spacial score (nSPS) is 12.0. The smallest absolute Gasteiger partial charge is 0.385 e. The number of rotatable bonds is 2. The minimum absolute atomic E-state index is 0.0270. The molecule has 0 saturated carbocycles. The molecular weight excluding hydrogens is 237 g/mol. The van der Waals surface area contributed by atoms with Gasteiger partial charge < -0.3 is 5.32 Å². The van der Waals surface area contributed by atoms with Crippen LogP contribution in [0.15, 0.2) is 17.6 Å². The average molecular weight is 246 g/mol. The summed E-state index contributed by atoms with van der Waals surface area (Å²) < 4.78 is 38.8. The number of alkyl halides is 3. The number of benzene rings is 1. The number of fused-ring (bicyclic) bond motifs is 1. The van der Waals surface area contributed by atoms with Crippen molar-refractivity contribution >= 4 is 27.2 Å². The van der Waals surface area contributed by atoms with Gasteiger partial charge in [0.2, 0.25) is 0 Å². The molecule has 0 saturated heterocycles. The van der Waals surface area contributed by atoms with E-state index in [-0.39, 0.29) is 5.52 Å². The lowest BCUT2D eigenvalue weighted by molar-refractivity contribution is -0.136. The lowest BCUT2D eigenvalue weighted by atomic mass is 10.1. The number of aromatic nitrogens is 1. The predicted octanol–water partition coefficient (Wildman–Crippen LogP) is 3.75. The first-order valence-electron chi connectivity index (χ1n) is 4.70. The van der Waals surface area contributed by atoms with Crippen LogP contribution in [0, 0.1) is 0 Å². The first kappa shape index (κ1) is 11.2. The molecule has 1 aromatic carbocycles. The molecule has 1 aromatic heterocycles. The fourth-order valence-electron chi connectivity index (χ4n) is 1.49. The van der Waals surface area contributed by atoms with Crippen molar-refractivity contribution < 1.29 is 13.2 Å². The van der Waals surface area contributed by atoms with Crippen LogP contribution in [0.3, 0.4) is 0 Å². The Hall–Kier alpha value is -1.30. The summed E-state index contributed by atoms with van der Waals surface area (Å²) in [5.74, 6) is 0. The molecule has 0 bridgehead atoms. The molecule has 0 unspecified atom stereocenters. The Morgan fingerprint density at radius 2 is 2.12 bits per heavy atom. The first-order chi connectivity index (χ1) is 7.52. The zero-order chi connectivity index (χ0) is 11.8. The summed E-state index contributed by atoms with van der Waals surface area (Å²) in [5, 5.41) is 2.88. The van der Waals surface area contributed by atoms with Gasteiger partial charge in [0.05, 0.1) is 21.3 Å². The minimum Gasteiger partial charge on any atom is -0.385 e. The Labute approximate surface area is 94.1 Å². The van der Waals surface area contributed by atoms with E-state index >= 15 is 0 Å². The maximum atomic E-state index is 12.8. The molecule has 1 N–H and O–H groups in total. The predicted molar refractivity (Wildman–Crippen MR) is 58.8 cm³/mol. The van der Waals surface area contributed by atoms with Gasteiger partial charge in [0.15, 0.2) is 0 Å². The zero-order valence-electron chi connectivity index (χ0n) is 8.43. The van der Waals surface area contributed by atoms with E-state index in [2.05, 4.69) is 10.3 Å². The third-order valence-corrected chi connectivity index (χ3v) is 2.90. The molecule has 0 atom stereocenters. The molecule has 0 amide bonds. The van der Waals surface area contributed by atoms with E-state index in [4.69, 9.17) is 0 Å². The van der Waals surface area contributed by atoms with Crippen molar-refractivity contribution in [3.05, 3.63) is 23.2 Å². The van der Waals surface area contributed by atoms with Crippen molar-refractivity contribution in [2.45, 2.75) is 13.1 Å². The van der Waals surface area contributed by atoms with Gasteiger partial charge in [-0.2, -0.15) is 13.2 Å². The lowest BCUT2D eigenvalue weighted by Gasteiger charge is -2.10. The van der Waals surface area contributed by atoms with Gasteiger partial charge in [-0.1, -0.05) is 0 Å². The summed E-state index contributed by atoms with van der Waals surface area (Å²) >= 11 is 1.21. The summed E-state index contributed by atoms with van der Waals surface area (Å²) in [6.07, 6.45) is -4.36. The van der Waals surface area contributed by atoms with Crippen molar-refractivity contribution in [2.24, 2.45) is 0 Å². The molecule has 16 heavy (non-hydrogen) atoms. The molecule has 0 aliphatic rings. The van der Waals surface area contributed by atoms with Crippen LogP contribution in [0.2, 0.25) is 0 Å². The van der Waals surface area contributed by atoms with Gasteiger partial charge in [0.25, 0.3) is 0 Å². The third kappa shape index (κ3) is 1.97. The van der Waals surface area contributed by atoms with Crippen molar-refractivity contribution in [1.29, 1.82) is 0 Å². The first-order valence-corrected chi connectivity index (χ1v) is 5.58. The third-order valence-electron chi connectivity index (χ3n) is 2.12. The van der Waals surface area contributed by atoms with E-state index in [0.29, 0.717) is 16.9 Å². The molecule has 0 aliphatic heterocycles. The quantitative estimate of drug-likeness (QED) is 0.873. The summed E-state index contributed by atoms with van der Waals surface area (Å²) in [6.45, 7) is 2.42. The fourth-order valence-corrected chi connectivity index (χ4v) is 2.23. The Bertz CT molecular complexity index is 504. The van der Waals surface area contributed by atoms with Crippen LogP contribution in [0.5, 0.6) is 0 Å². The SMILES string of the molecule is CCNc1cc(C(F)(F)F)c2ncsc2c1. The number of thiazole rings is 1. The highest BCUT2D eigenvalue weighted by molar-refractivity contribution is 7.16. The molecule has 2 nitrogen and oxygen atoms in total. The summed E-state index contributed by atoms with van der Waals surface area (Å²) in [6, 6.07) is 2.79. The summed E-state index contributed by atoms with van der Waals surface area (Å²) in [7, 11) is 0. The molecule has 86 valence electrons. The van der Waals surface area contributed by atoms with E-state index in [1.165, 1.54) is 16.8 Å². The molecule has 2 aromatic rings. The Morgan fingerprint density at radius 1 is 1.38 bits per heavy atom. The zero-order valence-corrected chi connectivity index (χ0v) is 9.25. The van der Waals surface area contributed by atoms with Crippen LogP contribution in [0.25, 0.3) is 10.2 Å². The number of hydrogen-bond donors (Lipinski definition) is 1. The van der Waals surface area contributed by atoms with E-state index in [1.54, 1.807) is 6.07 Å². The second-order valence-electron chi connectivity index (χ2n) is 3.25. The van der Waals surface area contributed by atoms with Crippen molar-refractivity contribution in [3.63, 3.8) is 0 Å². The van der Waals surface area contributed by atoms with E-state index in [0.717, 1.165) is 6.07 Å². The van der Waals surface area contributed by atoms with E-state index < -0.39 is 11.7 Å². The number of halogens is 3. The van der Waals surface area contributed by atoms with Crippen molar-refractivity contribution in [1.82, 2.24) is 4.98 Å². The molecule has 2 rings (SSSR count). The number of nitrogens with one attached hydrogen (secondary N) is 1. The van der Waals surface area contributed by atoms with Crippen LogP contribution < -0.4 is 5.32 Å². The van der Waals surface area contributed by atoms with Gasteiger partial charge >= 0.3 is 6.18 Å². The number of nitrogens with zero attached hydrogens (tertiary/aromatic N) is 1. The number of anilines is 1. The highest BCUT2D eigenvalue weighted by Gasteiger charge is 2.34. The van der Waals surface area contributed by atoms with Crippen LogP contribution in [0.4, 0.5) is 18.9 Å². The van der Waals surface area contributed by atoms with E-state index in [9.17, 15) is 13.2 Å². The van der Waals surface area contributed by atoms with Crippen LogP contribution in [-0.2, 0) is 6.18 Å². The second kappa shape index (κ2) is 3.93. The number of hydrogen-bond acceptors (Lipinski definition) is 3. The van der Waals surface area contributed by atoms with Gasteiger partial charge in [-0.3, -0.25) is 0 Å². The highest BCUT2D eigenvalue weighted by atomic mass is 32.1. The lowest BCUT2D eigenvalue weighted by Crippen LogP contribution is -2.07. The van der Waals surface area contributed by atoms with Crippen LogP contribution >= 0.6 is 11.3 Å². The van der Waals surface area contributed by atoms with Gasteiger partial charge in [0, 0.05) is 12.2 Å². The summed E-state index contributed by atoms with van der Waals surface area (Å²) in [5.41, 5.74) is 1.25. The van der Waals surface area contributed by atoms with Gasteiger partial charge in [0.1, 0.15) is 0 Å². The molecule has 6 heteroatoms. The Morgan fingerprint density at radius 3 is 2.75 bits per heavy atom. The van der Waals surface area contributed by atoms with Gasteiger partial charge in [-0.05, 0) is 19.1 Å². The van der Waals surface area contributed by atoms with Gasteiger partial charge in [-0.25, -0.2) is 4.98 Å². The molecule has 0 spiro atoms. The van der Waals surface area contributed by atoms with Crippen LogP contribution in [-0.4, -0.2) is 11.5 Å². The second-order valence-corrected chi connectivity index (χ2v) is 4.14. The maximum absolute atomic E-state index is 12.8. The van der Waals surface area contributed by atoms with Gasteiger partial charge in [-0.15, -0.1) is 11.3 Å². The fraction of sp³-hybridized carbons (Fsp3) is 0.300. The highest BCUT2D eigenvalue weighted by Crippen LogP contribution is 2.37. The monoisotopic (exact) mass is 246 g/mol. The average Bonchev–Trinajstić information content (AvgIpc) is 2.63. The van der Waals surface area contributed by atoms with Crippen LogP contribution in [0.1, 0.15) is 12.5 Å². The largest absolute Gasteiger partial charge is 0.418 e. The topological polar surface area (TPSA) is 24.9 Å². The Balaban J connectivity index is 2.64. The minimum atomic E-state index is -4.36. The summed E-state index contributed by atoms with van der Waals surface area (Å²) in [4.78, 5) is 3.76. The standard InChI is InChI=1S/C10H9F3N2S/c1-2-14-6-3-7(10(11,12)13)9-8(4-6)16-5-15-9/h3-5,14H,2H2,1H3. The van der Waals surface area contributed by atoms with E-state index in [1.807, 2.05) is 6.92 Å². The molecular formula is C10H9F3N2S. The molecule has 0 fully saturated rings. The Kier molecular flexibility index (Phi) is 2.75. The maximum Gasteiger partial charge on any atom is 0.418 e. The molecule has 0 radical (unpaired) electrons.